The molecule has 0 aliphatic carbocycles. The molecular weight excluding hydrogens is 280 g/mol. The number of phenols is 2. The van der Waals surface area contributed by atoms with E-state index in [0.29, 0.717) is 23.3 Å². The lowest BCUT2D eigenvalue weighted by molar-refractivity contribution is 0.0977. The summed E-state index contributed by atoms with van der Waals surface area (Å²) in [5.74, 6) is -0.307. The van der Waals surface area contributed by atoms with Gasteiger partial charge in [0.25, 0.3) is 0 Å². The van der Waals surface area contributed by atoms with Crippen molar-refractivity contribution in [3.63, 3.8) is 0 Å². The number of phenolic OH excluding ortho intramolecular Hbond substituents is 2. The van der Waals surface area contributed by atoms with Crippen LogP contribution >= 0.6 is 0 Å². The zero-order chi connectivity index (χ0) is 16.3. The first-order chi connectivity index (χ1) is 10.5. The summed E-state index contributed by atoms with van der Waals surface area (Å²) in [5, 5.41) is 20.4. The SMILES string of the molecule is COc1c(C)c(O)c(C(=O)CCc2ccccc2)c(O)c1C. The predicted octanol–water partition coefficient (Wildman–Crippen LogP) is 3.54. The van der Waals surface area contributed by atoms with Crippen LogP contribution in [0.2, 0.25) is 0 Å². The molecule has 0 amide bonds. The lowest BCUT2D eigenvalue weighted by Crippen LogP contribution is -2.05. The minimum absolute atomic E-state index is 0.0215. The molecule has 0 radical (unpaired) electrons. The highest BCUT2D eigenvalue weighted by Gasteiger charge is 2.24. The molecule has 0 aromatic heterocycles. The molecule has 0 spiro atoms. The summed E-state index contributed by atoms with van der Waals surface area (Å²) in [6.07, 6.45) is 0.777. The second-order valence-corrected chi connectivity index (χ2v) is 5.26. The third-order valence-electron chi connectivity index (χ3n) is 3.83. The van der Waals surface area contributed by atoms with Crippen LogP contribution in [0, 0.1) is 13.8 Å². The number of rotatable bonds is 5. The molecule has 0 saturated heterocycles. The number of carbonyl (C=O) groups excluding carboxylic acids is 1. The Balaban J connectivity index is 2.30. The number of Topliss-reactive ketones (excluding diaryl/α,β-unsaturated/α-hetero) is 1. The first-order valence-electron chi connectivity index (χ1n) is 7.13. The van der Waals surface area contributed by atoms with E-state index in [2.05, 4.69) is 0 Å². The molecule has 0 aliphatic heterocycles. The van der Waals surface area contributed by atoms with Crippen molar-refractivity contribution < 1.29 is 19.7 Å². The van der Waals surface area contributed by atoms with Gasteiger partial charge >= 0.3 is 0 Å². The van der Waals surface area contributed by atoms with Crippen LogP contribution < -0.4 is 4.74 Å². The van der Waals surface area contributed by atoms with E-state index in [4.69, 9.17) is 4.74 Å². The molecular formula is C18H20O4. The van der Waals surface area contributed by atoms with Gasteiger partial charge in [-0.15, -0.1) is 0 Å². The fourth-order valence-electron chi connectivity index (χ4n) is 2.58. The standard InChI is InChI=1S/C18H20O4/c1-11-16(20)15(17(21)12(2)18(11)22-3)14(19)10-9-13-7-5-4-6-8-13/h4-8,20-21H,9-10H2,1-3H3. The fraction of sp³-hybridized carbons (Fsp3) is 0.278. The third kappa shape index (κ3) is 2.91. The first-order valence-corrected chi connectivity index (χ1v) is 7.13. The van der Waals surface area contributed by atoms with Crippen LogP contribution in [-0.2, 0) is 6.42 Å². The second kappa shape index (κ2) is 6.52. The van der Waals surface area contributed by atoms with Crippen LogP contribution in [0.25, 0.3) is 0 Å². The molecule has 0 heterocycles. The Morgan fingerprint density at radius 3 is 2.09 bits per heavy atom. The maximum atomic E-state index is 12.4. The van der Waals surface area contributed by atoms with Crippen molar-refractivity contribution >= 4 is 5.78 Å². The summed E-state index contributed by atoms with van der Waals surface area (Å²) in [5.41, 5.74) is 1.94. The second-order valence-electron chi connectivity index (χ2n) is 5.26. The molecule has 0 atom stereocenters. The zero-order valence-corrected chi connectivity index (χ0v) is 13.0. The smallest absolute Gasteiger partial charge is 0.170 e. The number of ether oxygens (including phenoxy) is 1. The summed E-state index contributed by atoms with van der Waals surface area (Å²) in [7, 11) is 1.46. The quantitative estimate of drug-likeness (QED) is 0.829. The molecule has 0 bridgehead atoms. The van der Waals surface area contributed by atoms with Gasteiger partial charge in [-0.3, -0.25) is 4.79 Å². The number of aromatic hydroxyl groups is 2. The van der Waals surface area contributed by atoms with Crippen LogP contribution in [0.5, 0.6) is 17.2 Å². The Kier molecular flexibility index (Phi) is 4.71. The van der Waals surface area contributed by atoms with Crippen molar-refractivity contribution in [2.45, 2.75) is 26.7 Å². The molecule has 4 heteroatoms. The molecule has 22 heavy (non-hydrogen) atoms. The van der Waals surface area contributed by atoms with Crippen LogP contribution in [0.4, 0.5) is 0 Å². The highest BCUT2D eigenvalue weighted by atomic mass is 16.5. The average Bonchev–Trinajstić information content (AvgIpc) is 2.53. The summed E-state index contributed by atoms with van der Waals surface area (Å²) in [4.78, 5) is 12.4. The number of hydrogen-bond donors (Lipinski definition) is 2. The van der Waals surface area contributed by atoms with Crippen molar-refractivity contribution in [3.8, 4) is 17.2 Å². The molecule has 0 saturated carbocycles. The molecule has 0 fully saturated rings. The van der Waals surface area contributed by atoms with E-state index in [0.717, 1.165) is 5.56 Å². The van der Waals surface area contributed by atoms with Gasteiger partial charge < -0.3 is 14.9 Å². The number of aryl methyl sites for hydroxylation is 1. The highest BCUT2D eigenvalue weighted by Crippen LogP contribution is 2.42. The van der Waals surface area contributed by atoms with Gasteiger partial charge in [-0.1, -0.05) is 30.3 Å². The number of hydrogen-bond acceptors (Lipinski definition) is 4. The minimum Gasteiger partial charge on any atom is -0.507 e. The largest absolute Gasteiger partial charge is 0.507 e. The lowest BCUT2D eigenvalue weighted by Gasteiger charge is -2.16. The Morgan fingerprint density at radius 2 is 1.59 bits per heavy atom. The summed E-state index contributed by atoms with van der Waals surface area (Å²) in [6.45, 7) is 3.32. The molecule has 2 rings (SSSR count). The number of methoxy groups -OCH3 is 1. The Bertz CT molecular complexity index is 661. The van der Waals surface area contributed by atoms with E-state index in [1.807, 2.05) is 30.3 Å². The topological polar surface area (TPSA) is 66.8 Å². The van der Waals surface area contributed by atoms with Gasteiger partial charge in [0, 0.05) is 17.5 Å². The van der Waals surface area contributed by atoms with Crippen molar-refractivity contribution in [2.24, 2.45) is 0 Å². The molecule has 2 N–H and O–H groups in total. The summed E-state index contributed by atoms with van der Waals surface area (Å²) in [6, 6.07) is 9.63. The molecule has 116 valence electrons. The number of ketones is 1. The Labute approximate surface area is 130 Å². The van der Waals surface area contributed by atoms with E-state index in [9.17, 15) is 15.0 Å². The molecule has 4 nitrogen and oxygen atoms in total. The van der Waals surface area contributed by atoms with Crippen molar-refractivity contribution in [3.05, 3.63) is 52.6 Å². The van der Waals surface area contributed by atoms with Gasteiger partial charge in [0.15, 0.2) is 5.78 Å². The Morgan fingerprint density at radius 1 is 1.05 bits per heavy atom. The van der Waals surface area contributed by atoms with Crippen LogP contribution in [0.1, 0.15) is 33.5 Å². The summed E-state index contributed by atoms with van der Waals surface area (Å²) >= 11 is 0. The van der Waals surface area contributed by atoms with Gasteiger partial charge in [0.1, 0.15) is 22.8 Å². The minimum atomic E-state index is -0.285. The van der Waals surface area contributed by atoms with E-state index in [1.165, 1.54) is 7.11 Å². The van der Waals surface area contributed by atoms with Crippen molar-refractivity contribution in [1.29, 1.82) is 0 Å². The highest BCUT2D eigenvalue weighted by molar-refractivity contribution is 6.02. The average molecular weight is 300 g/mol. The van der Waals surface area contributed by atoms with Gasteiger partial charge in [-0.05, 0) is 25.8 Å². The van der Waals surface area contributed by atoms with Gasteiger partial charge in [-0.25, -0.2) is 0 Å². The van der Waals surface area contributed by atoms with E-state index >= 15 is 0 Å². The Hall–Kier alpha value is -2.49. The predicted molar refractivity (Wildman–Crippen MR) is 84.9 cm³/mol. The zero-order valence-electron chi connectivity index (χ0n) is 13.0. The molecule has 0 unspecified atom stereocenters. The van der Waals surface area contributed by atoms with Gasteiger partial charge in [-0.2, -0.15) is 0 Å². The van der Waals surface area contributed by atoms with E-state index in [-0.39, 0.29) is 29.3 Å². The number of carbonyl (C=O) groups is 1. The van der Waals surface area contributed by atoms with E-state index in [1.54, 1.807) is 13.8 Å². The molecule has 2 aromatic carbocycles. The maximum absolute atomic E-state index is 12.4. The van der Waals surface area contributed by atoms with E-state index < -0.39 is 0 Å². The number of benzene rings is 2. The maximum Gasteiger partial charge on any atom is 0.170 e. The van der Waals surface area contributed by atoms with Gasteiger partial charge in [0.05, 0.1) is 7.11 Å². The van der Waals surface area contributed by atoms with Crippen LogP contribution in [0.3, 0.4) is 0 Å². The molecule has 0 aliphatic rings. The first kappa shape index (κ1) is 15.9. The lowest BCUT2D eigenvalue weighted by atomic mass is 9.96. The summed E-state index contributed by atoms with van der Waals surface area (Å²) < 4.78 is 5.17. The fourth-order valence-corrected chi connectivity index (χ4v) is 2.58. The molecule has 2 aromatic rings. The van der Waals surface area contributed by atoms with Gasteiger partial charge in [0.2, 0.25) is 0 Å². The monoisotopic (exact) mass is 300 g/mol. The van der Waals surface area contributed by atoms with Crippen LogP contribution in [0.15, 0.2) is 30.3 Å². The normalized spacial score (nSPS) is 10.5. The van der Waals surface area contributed by atoms with Crippen molar-refractivity contribution in [2.75, 3.05) is 7.11 Å². The third-order valence-corrected chi connectivity index (χ3v) is 3.83. The van der Waals surface area contributed by atoms with Crippen molar-refractivity contribution in [1.82, 2.24) is 0 Å². The van der Waals surface area contributed by atoms with Crippen LogP contribution in [-0.4, -0.2) is 23.1 Å².